The van der Waals surface area contributed by atoms with Crippen LogP contribution in [-0.2, 0) is 4.79 Å². The molecule has 0 aliphatic heterocycles. The minimum absolute atomic E-state index is 0.157. The average molecular weight is 276 g/mol. The van der Waals surface area contributed by atoms with Gasteiger partial charge in [-0.1, -0.05) is 29.8 Å². The van der Waals surface area contributed by atoms with Gasteiger partial charge in [0.25, 0.3) is 0 Å². The van der Waals surface area contributed by atoms with Gasteiger partial charge in [0.05, 0.1) is 0 Å². The number of hydrogen-bond donors (Lipinski definition) is 1. The zero-order valence-corrected chi connectivity index (χ0v) is 10.4. The molecule has 0 aliphatic rings. The van der Waals surface area contributed by atoms with E-state index in [0.717, 1.165) is 5.56 Å². The molecule has 18 heavy (non-hydrogen) atoms. The van der Waals surface area contributed by atoms with Crippen molar-refractivity contribution in [2.75, 3.05) is 0 Å². The van der Waals surface area contributed by atoms with Gasteiger partial charge in [-0.25, -0.2) is 0 Å². The summed E-state index contributed by atoms with van der Waals surface area (Å²) in [5.74, 6) is -3.07. The van der Waals surface area contributed by atoms with Crippen LogP contribution in [0, 0.1) is 12.8 Å². The first kappa shape index (κ1) is 14.8. The fourth-order valence-electron chi connectivity index (χ4n) is 1.39. The Balaban J connectivity index is 2.86. The van der Waals surface area contributed by atoms with Crippen LogP contribution in [0.15, 0.2) is 24.3 Å². The van der Waals surface area contributed by atoms with E-state index in [1.165, 1.54) is 12.1 Å². The molecule has 0 amide bonds. The van der Waals surface area contributed by atoms with Crippen LogP contribution in [0.2, 0.25) is 0 Å². The highest BCUT2D eigenvalue weighted by atomic mass is 32.1. The third-order valence-electron chi connectivity index (χ3n) is 2.46. The Morgan fingerprint density at radius 3 is 2.11 bits per heavy atom. The highest BCUT2D eigenvalue weighted by Crippen LogP contribution is 2.31. The second-order valence-electron chi connectivity index (χ2n) is 3.93. The molecule has 0 N–H and O–H groups in total. The second kappa shape index (κ2) is 5.56. The third-order valence-corrected chi connectivity index (χ3v) is 2.77. The Morgan fingerprint density at radius 1 is 1.22 bits per heavy atom. The average Bonchev–Trinajstić information content (AvgIpc) is 2.24. The minimum atomic E-state index is -4.75. The van der Waals surface area contributed by atoms with Crippen molar-refractivity contribution >= 4 is 23.5 Å². The number of halogens is 3. The number of carbonyl (C=O) groups excluding carboxylic acids is 2. The Labute approximate surface area is 108 Å². The van der Waals surface area contributed by atoms with E-state index >= 15 is 0 Å². The van der Waals surface area contributed by atoms with Crippen molar-refractivity contribution in [1.82, 2.24) is 0 Å². The Kier molecular flexibility index (Phi) is 4.56. The number of thiol groups is 1. The van der Waals surface area contributed by atoms with Crippen molar-refractivity contribution in [3.05, 3.63) is 35.4 Å². The Hall–Kier alpha value is -1.30. The summed E-state index contributed by atoms with van der Waals surface area (Å²) < 4.78 is 37.5. The van der Waals surface area contributed by atoms with E-state index in [4.69, 9.17) is 0 Å². The Morgan fingerprint density at radius 2 is 1.72 bits per heavy atom. The van der Waals surface area contributed by atoms with Gasteiger partial charge in [0.2, 0.25) is 0 Å². The maximum atomic E-state index is 12.5. The summed E-state index contributed by atoms with van der Waals surface area (Å²) in [6.07, 6.45) is -5.66. The summed E-state index contributed by atoms with van der Waals surface area (Å²) in [7, 11) is 0. The number of aryl methyl sites for hydroxylation is 1. The van der Waals surface area contributed by atoms with Gasteiger partial charge in [0.15, 0.2) is 10.9 Å². The van der Waals surface area contributed by atoms with E-state index in [-0.39, 0.29) is 5.56 Å². The number of rotatable bonds is 4. The monoisotopic (exact) mass is 276 g/mol. The SMILES string of the molecule is Cc1ccc(C(=O)CC(C(=O)S)C(F)(F)F)cc1. The lowest BCUT2D eigenvalue weighted by molar-refractivity contribution is -0.175. The molecule has 0 aliphatic carbocycles. The van der Waals surface area contributed by atoms with Gasteiger partial charge in [0.1, 0.15) is 5.92 Å². The van der Waals surface area contributed by atoms with Gasteiger partial charge in [0, 0.05) is 12.0 Å². The maximum absolute atomic E-state index is 12.5. The lowest BCUT2D eigenvalue weighted by Gasteiger charge is -2.15. The van der Waals surface area contributed by atoms with Crippen LogP contribution in [0.4, 0.5) is 13.2 Å². The maximum Gasteiger partial charge on any atom is 0.399 e. The largest absolute Gasteiger partial charge is 0.399 e. The second-order valence-corrected chi connectivity index (χ2v) is 4.37. The molecule has 1 rings (SSSR count). The zero-order chi connectivity index (χ0) is 13.9. The van der Waals surface area contributed by atoms with E-state index in [2.05, 4.69) is 12.6 Å². The van der Waals surface area contributed by atoms with Crippen molar-refractivity contribution < 1.29 is 22.8 Å². The molecule has 0 radical (unpaired) electrons. The molecular weight excluding hydrogens is 265 g/mol. The first-order valence-corrected chi connectivity index (χ1v) is 5.56. The normalized spacial score (nSPS) is 13.2. The third kappa shape index (κ3) is 3.87. The van der Waals surface area contributed by atoms with Gasteiger partial charge in [-0.05, 0) is 6.92 Å². The van der Waals surface area contributed by atoms with Crippen LogP contribution in [0.5, 0.6) is 0 Å². The molecular formula is C12H11F3O2S. The summed E-state index contributed by atoms with van der Waals surface area (Å²) >= 11 is 3.18. The van der Waals surface area contributed by atoms with Crippen molar-refractivity contribution in [2.24, 2.45) is 5.92 Å². The summed E-state index contributed by atoms with van der Waals surface area (Å²) in [5, 5.41) is -1.34. The molecule has 0 bridgehead atoms. The van der Waals surface area contributed by atoms with Crippen molar-refractivity contribution in [3.63, 3.8) is 0 Å². The van der Waals surface area contributed by atoms with Gasteiger partial charge in [-0.15, -0.1) is 12.6 Å². The number of hydrogen-bond acceptors (Lipinski definition) is 2. The predicted octanol–water partition coefficient (Wildman–Crippen LogP) is 3.20. The van der Waals surface area contributed by atoms with Crippen molar-refractivity contribution in [2.45, 2.75) is 19.5 Å². The standard InChI is InChI=1S/C12H11F3O2S/c1-7-2-4-8(5-3-7)10(16)6-9(11(17)18)12(13,14)15/h2-5,9H,6H2,1H3,(H,17,18). The van der Waals surface area contributed by atoms with E-state index in [1.807, 2.05) is 0 Å². The molecule has 1 aromatic carbocycles. The molecule has 6 heteroatoms. The molecule has 0 saturated heterocycles. The van der Waals surface area contributed by atoms with Crippen molar-refractivity contribution in [1.29, 1.82) is 0 Å². The van der Waals surface area contributed by atoms with Crippen LogP contribution in [-0.4, -0.2) is 17.1 Å². The van der Waals surface area contributed by atoms with Gasteiger partial charge >= 0.3 is 6.18 Å². The number of Topliss-reactive ketones (excluding diaryl/α,β-unsaturated/α-hetero) is 1. The lowest BCUT2D eigenvalue weighted by atomic mass is 9.98. The molecule has 0 spiro atoms. The minimum Gasteiger partial charge on any atom is -0.294 e. The highest BCUT2D eigenvalue weighted by molar-refractivity contribution is 7.96. The van der Waals surface area contributed by atoms with E-state index in [9.17, 15) is 22.8 Å². The molecule has 98 valence electrons. The molecule has 0 aromatic heterocycles. The summed E-state index contributed by atoms with van der Waals surface area (Å²) in [4.78, 5) is 22.4. The summed E-state index contributed by atoms with van der Waals surface area (Å²) in [6.45, 7) is 1.80. The van der Waals surface area contributed by atoms with Crippen LogP contribution in [0.1, 0.15) is 22.3 Å². The number of carbonyl (C=O) groups is 2. The molecule has 0 fully saturated rings. The fourth-order valence-corrected chi connectivity index (χ4v) is 1.62. The lowest BCUT2D eigenvalue weighted by Crippen LogP contribution is -2.30. The number of ketones is 1. The predicted molar refractivity (Wildman–Crippen MR) is 63.7 cm³/mol. The van der Waals surface area contributed by atoms with Gasteiger partial charge < -0.3 is 0 Å². The first-order chi connectivity index (χ1) is 8.21. The quantitative estimate of drug-likeness (QED) is 0.677. The zero-order valence-electron chi connectivity index (χ0n) is 9.49. The molecule has 2 nitrogen and oxygen atoms in total. The van der Waals surface area contributed by atoms with Crippen LogP contribution in [0.3, 0.4) is 0 Å². The molecule has 1 aromatic rings. The van der Waals surface area contributed by atoms with Crippen LogP contribution in [0.25, 0.3) is 0 Å². The molecule has 0 saturated carbocycles. The smallest absolute Gasteiger partial charge is 0.294 e. The summed E-state index contributed by atoms with van der Waals surface area (Å²) in [6, 6.07) is 6.12. The van der Waals surface area contributed by atoms with Crippen LogP contribution >= 0.6 is 12.6 Å². The van der Waals surface area contributed by atoms with Crippen molar-refractivity contribution in [3.8, 4) is 0 Å². The Bertz CT molecular complexity index is 451. The highest BCUT2D eigenvalue weighted by Gasteiger charge is 2.44. The van der Waals surface area contributed by atoms with E-state index in [0.29, 0.717) is 0 Å². The van der Waals surface area contributed by atoms with Gasteiger partial charge in [-0.3, -0.25) is 9.59 Å². The molecule has 1 unspecified atom stereocenters. The van der Waals surface area contributed by atoms with E-state index in [1.54, 1.807) is 19.1 Å². The van der Waals surface area contributed by atoms with Crippen LogP contribution < -0.4 is 0 Å². The fraction of sp³-hybridized carbons (Fsp3) is 0.333. The molecule has 0 heterocycles. The first-order valence-electron chi connectivity index (χ1n) is 5.11. The van der Waals surface area contributed by atoms with Gasteiger partial charge in [-0.2, -0.15) is 13.2 Å². The summed E-state index contributed by atoms with van der Waals surface area (Å²) in [5.41, 5.74) is 1.05. The number of benzene rings is 1. The topological polar surface area (TPSA) is 34.1 Å². The molecule has 1 atom stereocenters. The van der Waals surface area contributed by atoms with E-state index < -0.39 is 29.4 Å². The number of alkyl halides is 3.